The predicted octanol–water partition coefficient (Wildman–Crippen LogP) is -1.77. The van der Waals surface area contributed by atoms with E-state index in [9.17, 15) is 61.0 Å². The van der Waals surface area contributed by atoms with E-state index in [2.05, 4.69) is 0 Å². The van der Waals surface area contributed by atoms with E-state index in [1.807, 2.05) is 26.0 Å². The van der Waals surface area contributed by atoms with Gasteiger partial charge in [0.1, 0.15) is 91.2 Å². The van der Waals surface area contributed by atoms with Gasteiger partial charge in [-0.2, -0.15) is 0 Å². The number of hydrogen-bond donors (Lipinski definition) is 11. The van der Waals surface area contributed by atoms with Crippen LogP contribution in [0.25, 0.3) is 11.0 Å². The second-order valence-corrected chi connectivity index (χ2v) is 16.5. The molecule has 3 saturated heterocycles. The highest BCUT2D eigenvalue weighted by Gasteiger charge is 2.51. The Bertz CT molecular complexity index is 1830. The number of ether oxygens (including phenoxy) is 7. The van der Waals surface area contributed by atoms with Crippen LogP contribution >= 0.6 is 0 Å². The molecule has 16 atom stereocenters. The normalized spacial score (nSPS) is 35.6. The van der Waals surface area contributed by atoms with Crippen LogP contribution in [-0.4, -0.2) is 186 Å². The van der Waals surface area contributed by atoms with Crippen LogP contribution in [0.2, 0.25) is 0 Å². The van der Waals surface area contributed by atoms with Gasteiger partial charge in [-0.15, -0.1) is 0 Å². The van der Waals surface area contributed by atoms with Gasteiger partial charge in [0.05, 0.1) is 31.5 Å². The van der Waals surface area contributed by atoms with Crippen molar-refractivity contribution in [3.8, 4) is 5.75 Å². The van der Waals surface area contributed by atoms with Crippen molar-refractivity contribution in [3.63, 3.8) is 0 Å². The van der Waals surface area contributed by atoms with Crippen LogP contribution in [0.15, 0.2) is 62.8 Å². The first kappa shape index (κ1) is 50.0. The summed E-state index contributed by atoms with van der Waals surface area (Å²) in [5.41, 5.74) is 0.529. The summed E-state index contributed by atoms with van der Waals surface area (Å²) in [5.74, 6) is 0.552. The average molecular weight is 887 g/mol. The molecular formula is C42H62O20. The summed E-state index contributed by atoms with van der Waals surface area (Å²) >= 11 is 0. The summed E-state index contributed by atoms with van der Waals surface area (Å²) in [5, 5.41) is 115. The van der Waals surface area contributed by atoms with Gasteiger partial charge in [0.25, 0.3) is 0 Å². The molecule has 62 heavy (non-hydrogen) atoms. The Morgan fingerprint density at radius 1 is 0.694 bits per heavy atom. The molecule has 1 aromatic carbocycles. The fraction of sp³-hybridized carbons (Fsp3) is 0.690. The molecule has 350 valence electrons. The Kier molecular flexibility index (Phi) is 18.0. The largest absolute Gasteiger partial charge is 0.489 e. The van der Waals surface area contributed by atoms with Gasteiger partial charge < -0.3 is 93.7 Å². The number of allylic oxidation sites excluding steroid dienone is 3. The molecule has 0 saturated carbocycles. The van der Waals surface area contributed by atoms with Crippen molar-refractivity contribution in [2.45, 2.75) is 157 Å². The first-order valence-electron chi connectivity index (χ1n) is 20.6. The van der Waals surface area contributed by atoms with E-state index in [4.69, 9.17) is 37.6 Å². The zero-order valence-corrected chi connectivity index (χ0v) is 35.0. The highest BCUT2D eigenvalue weighted by atomic mass is 16.8. The van der Waals surface area contributed by atoms with Crippen LogP contribution in [0.1, 0.15) is 53.4 Å². The highest BCUT2D eigenvalue weighted by molar-refractivity contribution is 5.77. The first-order valence-corrected chi connectivity index (χ1v) is 20.6. The van der Waals surface area contributed by atoms with Crippen LogP contribution in [0.5, 0.6) is 5.75 Å². The molecule has 0 unspecified atom stereocenters. The molecule has 0 spiro atoms. The molecular weight excluding hydrogens is 824 g/mol. The van der Waals surface area contributed by atoms with Crippen molar-refractivity contribution in [3.05, 3.63) is 64.1 Å². The van der Waals surface area contributed by atoms with Crippen LogP contribution < -0.4 is 10.4 Å². The van der Waals surface area contributed by atoms with Gasteiger partial charge in [-0.1, -0.05) is 17.2 Å². The van der Waals surface area contributed by atoms with Crippen molar-refractivity contribution in [2.24, 2.45) is 0 Å². The number of rotatable bonds is 19. The zero-order valence-electron chi connectivity index (χ0n) is 35.0. The van der Waals surface area contributed by atoms with Crippen molar-refractivity contribution >= 4 is 11.0 Å². The second kappa shape index (κ2) is 22.3. The number of hydrogen-bond acceptors (Lipinski definition) is 20. The Balaban J connectivity index is 1.24. The van der Waals surface area contributed by atoms with Crippen molar-refractivity contribution in [2.75, 3.05) is 26.4 Å². The van der Waals surface area contributed by atoms with Gasteiger partial charge in [-0.3, -0.25) is 0 Å². The van der Waals surface area contributed by atoms with E-state index >= 15 is 0 Å². The van der Waals surface area contributed by atoms with Crippen LogP contribution in [-0.2, 0) is 28.4 Å². The van der Waals surface area contributed by atoms with Crippen molar-refractivity contribution in [1.29, 1.82) is 0 Å². The van der Waals surface area contributed by atoms with E-state index in [1.165, 1.54) is 6.07 Å². The minimum absolute atomic E-state index is 0.179. The van der Waals surface area contributed by atoms with E-state index in [0.29, 0.717) is 37.2 Å². The summed E-state index contributed by atoms with van der Waals surface area (Å²) in [4.78, 5) is 11.6. The molecule has 20 nitrogen and oxygen atoms in total. The van der Waals surface area contributed by atoms with Crippen LogP contribution in [0.4, 0.5) is 0 Å². The fourth-order valence-electron chi connectivity index (χ4n) is 7.36. The smallest absolute Gasteiger partial charge is 0.336 e. The fourth-order valence-corrected chi connectivity index (χ4v) is 7.36. The van der Waals surface area contributed by atoms with Crippen molar-refractivity contribution < 1.29 is 93.7 Å². The monoisotopic (exact) mass is 886 g/mol. The summed E-state index contributed by atoms with van der Waals surface area (Å²) in [7, 11) is 0. The van der Waals surface area contributed by atoms with Crippen molar-refractivity contribution in [1.82, 2.24) is 0 Å². The minimum atomic E-state index is -1.84. The molecule has 3 aliphatic rings. The molecule has 1 aromatic heterocycles. The molecule has 20 heteroatoms. The molecule has 5 rings (SSSR count). The van der Waals surface area contributed by atoms with Gasteiger partial charge in [0, 0.05) is 17.5 Å². The maximum atomic E-state index is 11.6. The molecule has 3 aliphatic heterocycles. The Hall–Kier alpha value is -2.97. The van der Waals surface area contributed by atoms with E-state index in [0.717, 1.165) is 16.5 Å². The van der Waals surface area contributed by atoms with E-state index < -0.39 is 129 Å². The molecule has 0 amide bonds. The quantitative estimate of drug-likeness (QED) is 0.0549. The Morgan fingerprint density at radius 3 is 1.89 bits per heavy atom. The van der Waals surface area contributed by atoms with E-state index in [-0.39, 0.29) is 6.42 Å². The topological polar surface area (TPSA) is 317 Å². The lowest BCUT2D eigenvalue weighted by Gasteiger charge is -2.47. The highest BCUT2D eigenvalue weighted by Crippen LogP contribution is 2.34. The number of aliphatic hydroxyl groups is 11. The molecule has 0 bridgehead atoms. The first-order chi connectivity index (χ1) is 29.3. The third-order valence-corrected chi connectivity index (χ3v) is 11.4. The van der Waals surface area contributed by atoms with Gasteiger partial charge in [-0.05, 0) is 77.7 Å². The number of fused-ring (bicyclic) bond motifs is 1. The summed E-state index contributed by atoms with van der Waals surface area (Å²) < 4.78 is 45.9. The maximum Gasteiger partial charge on any atom is 0.336 e. The third-order valence-electron chi connectivity index (χ3n) is 11.4. The second-order valence-electron chi connectivity index (χ2n) is 16.5. The van der Waals surface area contributed by atoms with E-state index in [1.54, 1.807) is 38.1 Å². The molecule has 0 radical (unpaired) electrons. The third kappa shape index (κ3) is 12.4. The van der Waals surface area contributed by atoms with Gasteiger partial charge >= 0.3 is 5.63 Å². The number of aliphatic hydroxyl groups excluding tert-OH is 11. The van der Waals surface area contributed by atoms with Gasteiger partial charge in [0.2, 0.25) is 0 Å². The Morgan fingerprint density at radius 2 is 1.24 bits per heavy atom. The zero-order chi connectivity index (χ0) is 45.5. The SMILES string of the molecule is C/C(=C\COc1ccc2ccc(=O)oc2c1)CC/C=C(\C)CC[C@H](O[C@@H]1O[C@H](CO[C@@H]2O[C@H](CO)[C@@H](O)[C@H](O)[C@H]2O)[C@@H](O)[C@H](O)[C@H]1O)C(C)(C)O[C@@H]1O[C@H](CO)[C@@H](O)[C@H](O)[C@H]1O. The molecule has 3 fully saturated rings. The lowest BCUT2D eigenvalue weighted by molar-refractivity contribution is -0.360. The standard InChI is InChI=1S/C42H62O20/c1-20(6-5-7-21(2)14-15-55-23-11-9-22-10-13-29(45)57-24(22)16-23)8-12-28(42(3,4)62-41-38(54)34(50)31(47)26(18-44)59-41)61-40-37(53)35(51)32(48)27(60-40)19-56-39-36(52)33(49)30(46)25(17-43)58-39/h6,9-11,13-14,16,25-28,30-41,43-44,46-54H,5,7-8,12,15,17-19H2,1-4H3/b20-6+,21-14+/t25-,26-,27-,28+,30-,31-,32-,33+,34+,35+,36-,37-,38-,39-,40+,41+/m1/s1. The number of benzene rings is 1. The summed E-state index contributed by atoms with van der Waals surface area (Å²) in [6.45, 7) is 5.31. The predicted molar refractivity (Wildman–Crippen MR) is 214 cm³/mol. The lowest BCUT2D eigenvalue weighted by atomic mass is 9.93. The minimum Gasteiger partial charge on any atom is -0.489 e. The maximum absolute atomic E-state index is 11.6. The van der Waals surface area contributed by atoms with Gasteiger partial charge in [-0.25, -0.2) is 4.79 Å². The molecule has 11 N–H and O–H groups in total. The average Bonchev–Trinajstić information content (AvgIpc) is 3.24. The van der Waals surface area contributed by atoms with Crippen LogP contribution in [0.3, 0.4) is 0 Å². The Labute approximate surface area is 357 Å². The molecule has 2 aromatic rings. The lowest BCUT2D eigenvalue weighted by Crippen LogP contribution is -2.63. The summed E-state index contributed by atoms with van der Waals surface area (Å²) in [6.07, 6.45) is -19.6. The van der Waals surface area contributed by atoms with Gasteiger partial charge in [0.15, 0.2) is 18.9 Å². The molecule has 4 heterocycles. The van der Waals surface area contributed by atoms with Crippen LogP contribution in [0, 0.1) is 0 Å². The summed E-state index contributed by atoms with van der Waals surface area (Å²) in [6, 6.07) is 8.28. The molecule has 0 aliphatic carbocycles.